The summed E-state index contributed by atoms with van der Waals surface area (Å²) < 4.78 is 10.9. The summed E-state index contributed by atoms with van der Waals surface area (Å²) >= 11 is 1.44. The highest BCUT2D eigenvalue weighted by atomic mass is 32.1. The van der Waals surface area contributed by atoms with Gasteiger partial charge in [0.2, 0.25) is 0 Å². The van der Waals surface area contributed by atoms with Gasteiger partial charge >= 0.3 is 0 Å². The van der Waals surface area contributed by atoms with Gasteiger partial charge in [-0.25, -0.2) is 0 Å². The van der Waals surface area contributed by atoms with Gasteiger partial charge in [0.25, 0.3) is 11.6 Å². The molecule has 0 aliphatic carbocycles. The fourth-order valence-corrected chi connectivity index (χ4v) is 3.10. The predicted octanol–water partition coefficient (Wildman–Crippen LogP) is 3.95. The molecule has 3 aromatic rings. The number of likely N-dealkylation sites (N-methyl/N-ethyl adjacent to an activating group) is 1. The first-order valence-corrected chi connectivity index (χ1v) is 8.64. The number of hydrogen-bond acceptors (Lipinski definition) is 6. The number of nitrogens with zero attached hydrogens (tertiary/aromatic N) is 2. The van der Waals surface area contributed by atoms with Gasteiger partial charge in [-0.05, 0) is 29.6 Å². The van der Waals surface area contributed by atoms with Crippen molar-refractivity contribution in [3.63, 3.8) is 0 Å². The van der Waals surface area contributed by atoms with Gasteiger partial charge in [-0.15, -0.1) is 11.3 Å². The minimum Gasteiger partial charge on any atom is -0.483 e. The molecule has 7 nitrogen and oxygen atoms in total. The van der Waals surface area contributed by atoms with E-state index in [0.29, 0.717) is 23.6 Å². The molecule has 1 amide bonds. The third-order valence-electron chi connectivity index (χ3n) is 3.71. The minimum absolute atomic E-state index is 0.0259. The van der Waals surface area contributed by atoms with Crippen LogP contribution in [0, 0.1) is 10.1 Å². The third-order valence-corrected chi connectivity index (χ3v) is 4.61. The lowest BCUT2D eigenvalue weighted by molar-refractivity contribution is -0.384. The van der Waals surface area contributed by atoms with Gasteiger partial charge in [-0.2, -0.15) is 0 Å². The third kappa shape index (κ3) is 4.09. The van der Waals surface area contributed by atoms with Crippen LogP contribution in [0.15, 0.2) is 58.5 Å². The van der Waals surface area contributed by atoms with Crippen LogP contribution in [0.5, 0.6) is 5.75 Å². The SMILES string of the molecule is CN(Cc1ccco1)C(=O)COc1ccc([N+](=O)[O-])cc1-c1cccs1. The van der Waals surface area contributed by atoms with Gasteiger partial charge in [0, 0.05) is 29.6 Å². The Labute approximate surface area is 153 Å². The summed E-state index contributed by atoms with van der Waals surface area (Å²) in [5, 5.41) is 12.9. The van der Waals surface area contributed by atoms with Crippen molar-refractivity contribution in [1.82, 2.24) is 4.90 Å². The average Bonchev–Trinajstić information content (AvgIpc) is 3.33. The Kier molecular flexibility index (Phi) is 5.33. The number of benzene rings is 1. The summed E-state index contributed by atoms with van der Waals surface area (Å²) in [6, 6.07) is 11.6. The molecule has 0 radical (unpaired) electrons. The minimum atomic E-state index is -0.455. The van der Waals surface area contributed by atoms with E-state index in [9.17, 15) is 14.9 Å². The van der Waals surface area contributed by atoms with E-state index in [4.69, 9.17) is 9.15 Å². The standard InChI is InChI=1S/C18H16N2O5S/c1-19(11-14-4-2-8-24-14)18(21)12-25-16-7-6-13(20(22)23)10-15(16)17-5-3-9-26-17/h2-10H,11-12H2,1H3. The number of rotatable bonds is 7. The molecular weight excluding hydrogens is 356 g/mol. The van der Waals surface area contributed by atoms with Crippen molar-refractivity contribution < 1.29 is 18.9 Å². The molecular formula is C18H16N2O5S. The van der Waals surface area contributed by atoms with E-state index in [1.54, 1.807) is 25.4 Å². The van der Waals surface area contributed by atoms with Crippen LogP contribution >= 0.6 is 11.3 Å². The molecule has 26 heavy (non-hydrogen) atoms. The lowest BCUT2D eigenvalue weighted by atomic mass is 10.1. The Morgan fingerprint density at radius 1 is 1.31 bits per heavy atom. The summed E-state index contributed by atoms with van der Waals surface area (Å²) in [5.74, 6) is 0.880. The molecule has 3 rings (SSSR count). The molecule has 0 saturated heterocycles. The van der Waals surface area contributed by atoms with E-state index in [1.165, 1.54) is 34.4 Å². The number of hydrogen-bond donors (Lipinski definition) is 0. The summed E-state index contributed by atoms with van der Waals surface area (Å²) in [6.45, 7) is 0.167. The molecule has 0 fully saturated rings. The van der Waals surface area contributed by atoms with Gasteiger partial charge in [-0.1, -0.05) is 6.07 Å². The lowest BCUT2D eigenvalue weighted by Gasteiger charge is -2.17. The number of nitro benzene ring substituents is 1. The second-order valence-corrected chi connectivity index (χ2v) is 6.48. The quantitative estimate of drug-likeness (QED) is 0.463. The summed E-state index contributed by atoms with van der Waals surface area (Å²) in [4.78, 5) is 25.2. The van der Waals surface area contributed by atoms with Crippen LogP contribution in [0.2, 0.25) is 0 Å². The van der Waals surface area contributed by atoms with E-state index in [2.05, 4.69) is 0 Å². The average molecular weight is 372 g/mol. The lowest BCUT2D eigenvalue weighted by Crippen LogP contribution is -2.30. The van der Waals surface area contributed by atoms with Gasteiger partial charge in [0.1, 0.15) is 11.5 Å². The monoisotopic (exact) mass is 372 g/mol. The maximum atomic E-state index is 12.3. The first kappa shape index (κ1) is 17.7. The summed E-state index contributed by atoms with van der Waals surface area (Å²) in [5.41, 5.74) is 0.567. The molecule has 0 bridgehead atoms. The highest BCUT2D eigenvalue weighted by Gasteiger charge is 2.17. The Balaban J connectivity index is 1.73. The first-order chi connectivity index (χ1) is 12.5. The van der Waals surface area contributed by atoms with Gasteiger partial charge in [0.15, 0.2) is 6.61 Å². The van der Waals surface area contributed by atoms with Crippen LogP contribution in [0.25, 0.3) is 10.4 Å². The van der Waals surface area contributed by atoms with Crippen LogP contribution in [0.4, 0.5) is 5.69 Å². The number of non-ortho nitro benzene ring substituents is 1. The van der Waals surface area contributed by atoms with Crippen LogP contribution < -0.4 is 4.74 Å². The largest absolute Gasteiger partial charge is 0.483 e. The van der Waals surface area contributed by atoms with Gasteiger partial charge in [0.05, 0.1) is 17.7 Å². The highest BCUT2D eigenvalue weighted by molar-refractivity contribution is 7.13. The summed E-state index contributed by atoms with van der Waals surface area (Å²) in [6.07, 6.45) is 1.55. The Morgan fingerprint density at radius 3 is 2.81 bits per heavy atom. The van der Waals surface area contributed by atoms with Crippen LogP contribution in [-0.4, -0.2) is 29.4 Å². The highest BCUT2D eigenvalue weighted by Crippen LogP contribution is 2.36. The van der Waals surface area contributed by atoms with Crippen molar-refractivity contribution in [1.29, 1.82) is 0 Å². The predicted molar refractivity (Wildman–Crippen MR) is 97.1 cm³/mol. The number of ether oxygens (including phenoxy) is 1. The normalized spacial score (nSPS) is 10.5. The van der Waals surface area contributed by atoms with E-state index in [-0.39, 0.29) is 18.2 Å². The molecule has 0 saturated carbocycles. The molecule has 134 valence electrons. The Hall–Kier alpha value is -3.13. The molecule has 0 N–H and O–H groups in total. The number of thiophene rings is 1. The zero-order valence-corrected chi connectivity index (χ0v) is 14.8. The first-order valence-electron chi connectivity index (χ1n) is 7.76. The van der Waals surface area contributed by atoms with E-state index >= 15 is 0 Å². The number of amides is 1. The number of carbonyl (C=O) groups excluding carboxylic acids is 1. The second kappa shape index (κ2) is 7.83. The zero-order valence-electron chi connectivity index (χ0n) is 14.0. The molecule has 2 heterocycles. The Morgan fingerprint density at radius 2 is 2.15 bits per heavy atom. The molecule has 0 aliphatic rings. The Bertz CT molecular complexity index is 890. The van der Waals surface area contributed by atoms with Crippen LogP contribution in [-0.2, 0) is 11.3 Å². The van der Waals surface area contributed by atoms with Crippen molar-refractivity contribution in [2.75, 3.05) is 13.7 Å². The summed E-state index contributed by atoms with van der Waals surface area (Å²) in [7, 11) is 1.66. The van der Waals surface area contributed by atoms with Crippen molar-refractivity contribution in [3.05, 3.63) is 70.0 Å². The fourth-order valence-electron chi connectivity index (χ4n) is 2.36. The zero-order chi connectivity index (χ0) is 18.5. The molecule has 8 heteroatoms. The van der Waals surface area contributed by atoms with Crippen molar-refractivity contribution in [2.24, 2.45) is 0 Å². The van der Waals surface area contributed by atoms with E-state index in [1.807, 2.05) is 17.5 Å². The number of carbonyl (C=O) groups is 1. The van der Waals surface area contributed by atoms with E-state index in [0.717, 1.165) is 4.88 Å². The molecule has 0 atom stereocenters. The van der Waals surface area contributed by atoms with E-state index < -0.39 is 4.92 Å². The van der Waals surface area contributed by atoms with Crippen LogP contribution in [0.3, 0.4) is 0 Å². The molecule has 0 aliphatic heterocycles. The topological polar surface area (TPSA) is 85.8 Å². The van der Waals surface area contributed by atoms with Crippen molar-refractivity contribution in [3.8, 4) is 16.2 Å². The number of furan rings is 1. The molecule has 2 aromatic heterocycles. The molecule has 0 spiro atoms. The maximum absolute atomic E-state index is 12.3. The smallest absolute Gasteiger partial charge is 0.270 e. The number of nitro groups is 1. The van der Waals surface area contributed by atoms with Gasteiger partial charge < -0.3 is 14.1 Å². The molecule has 1 aromatic carbocycles. The van der Waals surface area contributed by atoms with Crippen molar-refractivity contribution >= 4 is 22.9 Å². The van der Waals surface area contributed by atoms with Crippen LogP contribution in [0.1, 0.15) is 5.76 Å². The van der Waals surface area contributed by atoms with Gasteiger partial charge in [-0.3, -0.25) is 14.9 Å². The van der Waals surface area contributed by atoms with Crippen molar-refractivity contribution in [2.45, 2.75) is 6.54 Å². The second-order valence-electron chi connectivity index (χ2n) is 5.53. The molecule has 0 unspecified atom stereocenters. The fraction of sp³-hybridized carbons (Fsp3) is 0.167. The maximum Gasteiger partial charge on any atom is 0.270 e.